The average Bonchev–Trinajstić information content (AvgIpc) is 3.10. The van der Waals surface area contributed by atoms with Crippen molar-refractivity contribution in [2.75, 3.05) is 25.0 Å². The van der Waals surface area contributed by atoms with E-state index >= 15 is 0 Å². The SMILES string of the molecule is CC(Nc1cccc(CN2CCC(CO)CC2)c1)c1ccco1. The van der Waals surface area contributed by atoms with Crippen LogP contribution in [0, 0.1) is 5.92 Å². The number of hydrogen-bond acceptors (Lipinski definition) is 4. The van der Waals surface area contributed by atoms with Crippen molar-refractivity contribution < 1.29 is 9.52 Å². The standard InChI is InChI=1S/C19H26N2O2/c1-15(19-6-3-11-23-19)20-18-5-2-4-17(12-18)13-21-9-7-16(14-22)8-10-21/h2-6,11-12,15-16,20,22H,7-10,13-14H2,1H3. The maximum absolute atomic E-state index is 9.23. The third-order valence-corrected chi connectivity index (χ3v) is 4.65. The van der Waals surface area contributed by atoms with Crippen LogP contribution in [-0.2, 0) is 6.54 Å². The Hall–Kier alpha value is -1.78. The van der Waals surface area contributed by atoms with Crippen LogP contribution in [0.15, 0.2) is 47.1 Å². The van der Waals surface area contributed by atoms with Gasteiger partial charge >= 0.3 is 0 Å². The molecule has 1 atom stereocenters. The molecular formula is C19H26N2O2. The van der Waals surface area contributed by atoms with Gasteiger partial charge in [0.15, 0.2) is 0 Å². The Kier molecular flexibility index (Phi) is 5.36. The molecule has 1 saturated heterocycles. The number of aliphatic hydroxyl groups excluding tert-OH is 1. The first-order valence-corrected chi connectivity index (χ1v) is 8.46. The van der Waals surface area contributed by atoms with Gasteiger partial charge < -0.3 is 14.8 Å². The number of hydrogen-bond donors (Lipinski definition) is 2. The van der Waals surface area contributed by atoms with Gasteiger partial charge in [0.25, 0.3) is 0 Å². The molecule has 2 heterocycles. The number of likely N-dealkylation sites (tertiary alicyclic amines) is 1. The number of furan rings is 1. The number of piperidine rings is 1. The molecule has 1 fully saturated rings. The largest absolute Gasteiger partial charge is 0.467 e. The summed E-state index contributed by atoms with van der Waals surface area (Å²) in [6.45, 7) is 5.56. The molecular weight excluding hydrogens is 288 g/mol. The quantitative estimate of drug-likeness (QED) is 0.854. The lowest BCUT2D eigenvalue weighted by molar-refractivity contribution is 0.127. The normalized spacial score (nSPS) is 18.0. The monoisotopic (exact) mass is 314 g/mol. The zero-order chi connectivity index (χ0) is 16.1. The lowest BCUT2D eigenvalue weighted by Gasteiger charge is -2.31. The van der Waals surface area contributed by atoms with E-state index in [-0.39, 0.29) is 6.04 Å². The van der Waals surface area contributed by atoms with Crippen LogP contribution in [0.3, 0.4) is 0 Å². The predicted molar refractivity (Wildman–Crippen MR) is 92.3 cm³/mol. The molecule has 2 aromatic rings. The third kappa shape index (κ3) is 4.36. The van der Waals surface area contributed by atoms with Crippen molar-refractivity contribution in [3.63, 3.8) is 0 Å². The minimum Gasteiger partial charge on any atom is -0.467 e. The Morgan fingerprint density at radius 3 is 2.78 bits per heavy atom. The third-order valence-electron chi connectivity index (χ3n) is 4.65. The minimum atomic E-state index is 0.153. The van der Waals surface area contributed by atoms with E-state index in [2.05, 4.69) is 41.4 Å². The second kappa shape index (κ2) is 7.66. The zero-order valence-corrected chi connectivity index (χ0v) is 13.7. The molecule has 23 heavy (non-hydrogen) atoms. The van der Waals surface area contributed by atoms with E-state index in [1.165, 1.54) is 5.56 Å². The van der Waals surface area contributed by atoms with Crippen molar-refractivity contribution in [2.45, 2.75) is 32.4 Å². The Balaban J connectivity index is 1.57. The fraction of sp³-hybridized carbons (Fsp3) is 0.474. The number of aliphatic hydroxyl groups is 1. The van der Waals surface area contributed by atoms with E-state index in [0.717, 1.165) is 43.9 Å². The molecule has 2 N–H and O–H groups in total. The first kappa shape index (κ1) is 16.1. The summed E-state index contributed by atoms with van der Waals surface area (Å²) in [5.41, 5.74) is 2.45. The molecule has 1 aromatic carbocycles. The summed E-state index contributed by atoms with van der Waals surface area (Å²) in [7, 11) is 0. The Morgan fingerprint density at radius 1 is 1.26 bits per heavy atom. The lowest BCUT2D eigenvalue weighted by atomic mass is 9.97. The highest BCUT2D eigenvalue weighted by Gasteiger charge is 2.18. The number of benzene rings is 1. The Labute approximate surface area is 138 Å². The first-order chi connectivity index (χ1) is 11.2. The van der Waals surface area contributed by atoms with Gasteiger partial charge in [-0.05, 0) is 68.6 Å². The summed E-state index contributed by atoms with van der Waals surface area (Å²) in [5, 5.41) is 12.7. The summed E-state index contributed by atoms with van der Waals surface area (Å²) in [6.07, 6.45) is 3.91. The van der Waals surface area contributed by atoms with Gasteiger partial charge in [0.2, 0.25) is 0 Å². The van der Waals surface area contributed by atoms with E-state index in [0.29, 0.717) is 12.5 Å². The highest BCUT2D eigenvalue weighted by atomic mass is 16.3. The second-order valence-corrected chi connectivity index (χ2v) is 6.48. The van der Waals surface area contributed by atoms with Crippen LogP contribution < -0.4 is 5.32 Å². The zero-order valence-electron chi connectivity index (χ0n) is 13.7. The Bertz CT molecular complexity index is 589. The van der Waals surface area contributed by atoms with Crippen LogP contribution in [0.25, 0.3) is 0 Å². The smallest absolute Gasteiger partial charge is 0.125 e. The molecule has 0 amide bonds. The van der Waals surface area contributed by atoms with Gasteiger partial charge in [-0.1, -0.05) is 12.1 Å². The fourth-order valence-corrected chi connectivity index (χ4v) is 3.20. The van der Waals surface area contributed by atoms with E-state index in [9.17, 15) is 5.11 Å². The van der Waals surface area contributed by atoms with Crippen LogP contribution in [0.2, 0.25) is 0 Å². The summed E-state index contributed by atoms with van der Waals surface area (Å²) < 4.78 is 5.45. The summed E-state index contributed by atoms with van der Waals surface area (Å²) in [4.78, 5) is 2.47. The Morgan fingerprint density at radius 2 is 2.09 bits per heavy atom. The van der Waals surface area contributed by atoms with Gasteiger partial charge in [-0.15, -0.1) is 0 Å². The molecule has 4 heteroatoms. The van der Waals surface area contributed by atoms with Crippen LogP contribution in [0.5, 0.6) is 0 Å². The molecule has 1 unspecified atom stereocenters. The average molecular weight is 314 g/mol. The number of rotatable bonds is 6. The van der Waals surface area contributed by atoms with Gasteiger partial charge in [0, 0.05) is 18.8 Å². The molecule has 1 aliphatic rings. The van der Waals surface area contributed by atoms with Crippen molar-refractivity contribution >= 4 is 5.69 Å². The highest BCUT2D eigenvalue weighted by Crippen LogP contribution is 2.22. The van der Waals surface area contributed by atoms with Crippen molar-refractivity contribution in [2.24, 2.45) is 5.92 Å². The van der Waals surface area contributed by atoms with Crippen LogP contribution in [0.4, 0.5) is 5.69 Å². The van der Waals surface area contributed by atoms with Gasteiger partial charge in [0.05, 0.1) is 12.3 Å². The second-order valence-electron chi connectivity index (χ2n) is 6.48. The fourth-order valence-electron chi connectivity index (χ4n) is 3.20. The van der Waals surface area contributed by atoms with Gasteiger partial charge in [-0.3, -0.25) is 4.90 Å². The maximum atomic E-state index is 9.23. The minimum absolute atomic E-state index is 0.153. The van der Waals surface area contributed by atoms with Crippen molar-refractivity contribution in [3.8, 4) is 0 Å². The molecule has 0 aliphatic carbocycles. The highest BCUT2D eigenvalue weighted by molar-refractivity contribution is 5.47. The number of nitrogens with one attached hydrogen (secondary N) is 1. The summed E-state index contributed by atoms with van der Waals surface area (Å²) in [5.74, 6) is 1.44. The molecule has 0 saturated carbocycles. The van der Waals surface area contributed by atoms with E-state index < -0.39 is 0 Å². The molecule has 0 spiro atoms. The number of anilines is 1. The van der Waals surface area contributed by atoms with Crippen LogP contribution >= 0.6 is 0 Å². The lowest BCUT2D eigenvalue weighted by Crippen LogP contribution is -2.34. The van der Waals surface area contributed by atoms with E-state index in [1.54, 1.807) is 6.26 Å². The molecule has 0 radical (unpaired) electrons. The van der Waals surface area contributed by atoms with Gasteiger partial charge in [-0.2, -0.15) is 0 Å². The molecule has 1 aliphatic heterocycles. The van der Waals surface area contributed by atoms with Gasteiger partial charge in [-0.25, -0.2) is 0 Å². The molecule has 3 rings (SSSR count). The van der Waals surface area contributed by atoms with Gasteiger partial charge in [0.1, 0.15) is 5.76 Å². The topological polar surface area (TPSA) is 48.6 Å². The molecule has 1 aromatic heterocycles. The van der Waals surface area contributed by atoms with E-state index in [4.69, 9.17) is 4.42 Å². The summed E-state index contributed by atoms with van der Waals surface area (Å²) >= 11 is 0. The molecule has 124 valence electrons. The van der Waals surface area contributed by atoms with Crippen molar-refractivity contribution in [1.82, 2.24) is 4.90 Å². The van der Waals surface area contributed by atoms with Crippen LogP contribution in [-0.4, -0.2) is 29.7 Å². The van der Waals surface area contributed by atoms with Crippen molar-refractivity contribution in [1.29, 1.82) is 0 Å². The molecule has 4 nitrogen and oxygen atoms in total. The summed E-state index contributed by atoms with van der Waals surface area (Å²) in [6, 6.07) is 12.7. The van der Waals surface area contributed by atoms with Crippen molar-refractivity contribution in [3.05, 3.63) is 54.0 Å². The number of nitrogens with zero attached hydrogens (tertiary/aromatic N) is 1. The van der Waals surface area contributed by atoms with E-state index in [1.807, 2.05) is 12.1 Å². The first-order valence-electron chi connectivity index (χ1n) is 8.46. The molecule has 0 bridgehead atoms. The predicted octanol–water partition coefficient (Wildman–Crippen LogP) is 3.66. The maximum Gasteiger partial charge on any atom is 0.125 e. The van der Waals surface area contributed by atoms with Crippen LogP contribution in [0.1, 0.15) is 37.1 Å².